The highest BCUT2D eigenvalue weighted by Gasteiger charge is 2.41. The predicted octanol–water partition coefficient (Wildman–Crippen LogP) is -0.125. The number of nitrogens with zero attached hydrogens (tertiary/aromatic N) is 2. The number of isocyanates is 2. The SMILES string of the molecule is CC(CO)(CO)C(=O)O.CC1(C)CC(N=C=O)CC(C)(CN=C=O)C1.NN.OCCCCO. The van der Waals surface area contributed by atoms with Gasteiger partial charge in [-0.1, -0.05) is 20.8 Å². The summed E-state index contributed by atoms with van der Waals surface area (Å²) in [6.45, 7) is 7.44. The summed E-state index contributed by atoms with van der Waals surface area (Å²) in [7, 11) is 0. The minimum Gasteiger partial charge on any atom is -0.481 e. The number of aliphatic carboxylic acids is 1. The number of aliphatic hydroxyl groups is 4. The number of aliphatic hydroxyl groups excluding tert-OH is 4. The third-order valence-corrected chi connectivity index (χ3v) is 4.96. The molecule has 0 amide bonds. The number of carboxylic acids is 1. The maximum absolute atomic E-state index is 10.3. The molecule has 1 fully saturated rings. The summed E-state index contributed by atoms with van der Waals surface area (Å²) in [5.74, 6) is 6.81. The lowest BCUT2D eigenvalue weighted by atomic mass is 9.63. The van der Waals surface area contributed by atoms with Crippen LogP contribution in [0.3, 0.4) is 0 Å². The molecule has 0 aliphatic heterocycles. The van der Waals surface area contributed by atoms with Crippen LogP contribution in [0.5, 0.6) is 0 Å². The molecule has 0 spiro atoms. The molecule has 0 aromatic rings. The van der Waals surface area contributed by atoms with Crippen LogP contribution in [-0.4, -0.2) is 82.7 Å². The smallest absolute Gasteiger partial charge is 0.314 e. The van der Waals surface area contributed by atoms with Crippen molar-refractivity contribution in [2.24, 2.45) is 37.9 Å². The van der Waals surface area contributed by atoms with Crippen LogP contribution in [0.15, 0.2) is 9.98 Å². The van der Waals surface area contributed by atoms with Gasteiger partial charge in [0.15, 0.2) is 0 Å². The first-order chi connectivity index (χ1) is 15.4. The first-order valence-corrected chi connectivity index (χ1v) is 10.5. The van der Waals surface area contributed by atoms with Gasteiger partial charge in [-0.2, -0.15) is 0 Å². The maximum atomic E-state index is 10.3. The van der Waals surface area contributed by atoms with Crippen LogP contribution in [0.2, 0.25) is 0 Å². The van der Waals surface area contributed by atoms with Crippen LogP contribution in [0.1, 0.15) is 59.8 Å². The monoisotopic (exact) mass is 478 g/mol. The van der Waals surface area contributed by atoms with E-state index in [-0.39, 0.29) is 30.1 Å². The van der Waals surface area contributed by atoms with Crippen molar-refractivity contribution < 1.29 is 39.9 Å². The third-order valence-electron chi connectivity index (χ3n) is 4.96. The molecule has 0 aromatic carbocycles. The minimum atomic E-state index is -1.39. The number of carboxylic acid groups (broad SMARTS) is 1. The lowest BCUT2D eigenvalue weighted by molar-refractivity contribution is -0.152. The molecule has 0 saturated heterocycles. The topological polar surface area (TPSA) is 229 Å². The van der Waals surface area contributed by atoms with E-state index in [0.717, 1.165) is 32.1 Å². The molecule has 0 bridgehead atoms. The summed E-state index contributed by atoms with van der Waals surface area (Å²) >= 11 is 0. The van der Waals surface area contributed by atoms with Crippen LogP contribution in [0.4, 0.5) is 0 Å². The molecule has 0 radical (unpaired) electrons. The van der Waals surface area contributed by atoms with E-state index in [1.165, 1.54) is 6.92 Å². The van der Waals surface area contributed by atoms with Crippen LogP contribution in [0, 0.1) is 16.2 Å². The quantitative estimate of drug-likeness (QED) is 0.0763. The molecule has 2 atom stereocenters. The van der Waals surface area contributed by atoms with Crippen molar-refractivity contribution in [2.45, 2.75) is 65.8 Å². The van der Waals surface area contributed by atoms with E-state index >= 15 is 0 Å². The Morgan fingerprint density at radius 3 is 1.79 bits per heavy atom. The third kappa shape index (κ3) is 17.2. The fraction of sp³-hybridized carbons (Fsp3) is 0.857. The molecular formula is C21H42N4O8. The number of carbonyl (C=O) groups excluding carboxylic acids is 2. The molecule has 1 saturated carbocycles. The van der Waals surface area contributed by atoms with Crippen molar-refractivity contribution in [1.29, 1.82) is 0 Å². The van der Waals surface area contributed by atoms with Crippen molar-refractivity contribution in [3.63, 3.8) is 0 Å². The van der Waals surface area contributed by atoms with Gasteiger partial charge in [0, 0.05) is 13.2 Å². The van der Waals surface area contributed by atoms with Crippen molar-refractivity contribution in [2.75, 3.05) is 33.0 Å². The van der Waals surface area contributed by atoms with E-state index in [0.29, 0.717) is 6.54 Å². The van der Waals surface area contributed by atoms with E-state index in [4.69, 9.17) is 25.5 Å². The van der Waals surface area contributed by atoms with E-state index < -0.39 is 24.6 Å². The number of hydrogen-bond donors (Lipinski definition) is 7. The zero-order chi connectivity index (χ0) is 26.6. The van der Waals surface area contributed by atoms with Gasteiger partial charge in [0.25, 0.3) is 0 Å². The highest BCUT2D eigenvalue weighted by atomic mass is 16.4. The highest BCUT2D eigenvalue weighted by molar-refractivity contribution is 5.74. The number of aliphatic imine (C=N–C) groups is 2. The van der Waals surface area contributed by atoms with Gasteiger partial charge in [-0.05, 0) is 49.9 Å². The van der Waals surface area contributed by atoms with Gasteiger partial charge in [-0.15, -0.1) is 0 Å². The van der Waals surface area contributed by atoms with Gasteiger partial charge in [0.2, 0.25) is 12.2 Å². The Labute approximate surface area is 195 Å². The van der Waals surface area contributed by atoms with Gasteiger partial charge in [0.05, 0.1) is 25.8 Å². The van der Waals surface area contributed by atoms with Gasteiger partial charge < -0.3 is 25.5 Å². The van der Waals surface area contributed by atoms with Gasteiger partial charge in [-0.25, -0.2) is 19.6 Å². The summed E-state index contributed by atoms with van der Waals surface area (Å²) in [6, 6.07) is 0.00750. The highest BCUT2D eigenvalue weighted by Crippen LogP contribution is 2.47. The fourth-order valence-electron chi connectivity index (χ4n) is 3.50. The van der Waals surface area contributed by atoms with Gasteiger partial charge in [0.1, 0.15) is 5.41 Å². The Bertz CT molecular complexity index is 611. The summed E-state index contributed by atoms with van der Waals surface area (Å²) < 4.78 is 0. The Kier molecular flexibility index (Phi) is 21.0. The van der Waals surface area contributed by atoms with Crippen LogP contribution < -0.4 is 11.7 Å². The molecular weight excluding hydrogens is 436 g/mol. The van der Waals surface area contributed by atoms with Crippen molar-refractivity contribution in [3.05, 3.63) is 0 Å². The maximum Gasteiger partial charge on any atom is 0.314 e. The Balaban J connectivity index is -0.000000448. The number of nitrogens with two attached hydrogens (primary N) is 2. The van der Waals surface area contributed by atoms with E-state index in [1.54, 1.807) is 12.2 Å². The summed E-state index contributed by atoms with van der Waals surface area (Å²) in [5, 5.41) is 41.3. The minimum absolute atomic E-state index is 0.00750. The molecule has 0 heterocycles. The average Bonchev–Trinajstić information content (AvgIpc) is 2.76. The summed E-state index contributed by atoms with van der Waals surface area (Å²) in [5.41, 5.74) is -1.33. The second kappa shape index (κ2) is 19.5. The molecule has 33 heavy (non-hydrogen) atoms. The number of carbonyl (C=O) groups is 1. The first-order valence-electron chi connectivity index (χ1n) is 10.5. The number of rotatable bonds is 9. The zero-order valence-corrected chi connectivity index (χ0v) is 20.2. The average molecular weight is 479 g/mol. The van der Waals surface area contributed by atoms with E-state index in [1.807, 2.05) is 0 Å². The number of unbranched alkanes of at least 4 members (excludes halogenated alkanes) is 1. The molecule has 1 rings (SSSR count). The standard InChI is InChI=1S/C12H18N2O2.C5H10O4.C4H10O2.H4N2/c1-11(2)4-10(14-9-16)5-12(3,6-11)7-13-8-15;1-5(2-6,3-7)4(8)9;5-3-1-2-4-6;1-2/h10H,4-7H2,1-3H3;6-7H,2-3H2,1H3,(H,8,9);5-6H,1-4H2;1-2H2. The lowest BCUT2D eigenvalue weighted by Gasteiger charge is -2.44. The van der Waals surface area contributed by atoms with E-state index in [2.05, 4.69) is 42.4 Å². The second-order valence-corrected chi connectivity index (χ2v) is 9.18. The second-order valence-electron chi connectivity index (χ2n) is 9.18. The van der Waals surface area contributed by atoms with Crippen LogP contribution in [0.25, 0.3) is 0 Å². The number of hydrazine groups is 1. The molecule has 1 aliphatic carbocycles. The van der Waals surface area contributed by atoms with Crippen molar-refractivity contribution >= 4 is 18.1 Å². The van der Waals surface area contributed by atoms with Crippen LogP contribution in [-0.2, 0) is 14.4 Å². The normalized spacial score (nSPS) is 20.6. The number of hydrogen-bond acceptors (Lipinski definition) is 11. The fourth-order valence-corrected chi connectivity index (χ4v) is 3.50. The molecule has 1 aliphatic rings. The molecule has 194 valence electrons. The Morgan fingerprint density at radius 2 is 1.48 bits per heavy atom. The Hall–Kier alpha value is -2.01. The van der Waals surface area contributed by atoms with E-state index in [9.17, 15) is 14.4 Å². The largest absolute Gasteiger partial charge is 0.481 e. The lowest BCUT2D eigenvalue weighted by Crippen LogP contribution is -2.39. The molecule has 9 N–H and O–H groups in total. The molecule has 12 heteroatoms. The first kappa shape index (κ1) is 35.6. The summed E-state index contributed by atoms with van der Waals surface area (Å²) in [4.78, 5) is 38.2. The van der Waals surface area contributed by atoms with Gasteiger partial charge >= 0.3 is 5.97 Å². The van der Waals surface area contributed by atoms with Crippen molar-refractivity contribution in [1.82, 2.24) is 0 Å². The van der Waals surface area contributed by atoms with Gasteiger partial charge in [-0.3, -0.25) is 16.5 Å². The van der Waals surface area contributed by atoms with Crippen molar-refractivity contribution in [3.8, 4) is 0 Å². The Morgan fingerprint density at radius 1 is 1.00 bits per heavy atom. The predicted molar refractivity (Wildman–Crippen MR) is 122 cm³/mol. The molecule has 12 nitrogen and oxygen atoms in total. The molecule has 2 unspecified atom stereocenters. The molecule has 0 aromatic heterocycles. The zero-order valence-electron chi connectivity index (χ0n) is 20.2. The van der Waals surface area contributed by atoms with Crippen LogP contribution >= 0.6 is 0 Å². The summed E-state index contributed by atoms with van der Waals surface area (Å²) in [6.07, 6.45) is 7.32.